The van der Waals surface area contributed by atoms with Crippen LogP contribution in [0.5, 0.6) is 0 Å². The highest BCUT2D eigenvalue weighted by Crippen LogP contribution is 2.30. The molecule has 0 aliphatic heterocycles. The van der Waals surface area contributed by atoms with E-state index in [2.05, 4.69) is 15.2 Å². The lowest BCUT2D eigenvalue weighted by molar-refractivity contribution is -0.144. The summed E-state index contributed by atoms with van der Waals surface area (Å²) in [5, 5.41) is 6.65. The standard InChI is InChI=1S/C10H13N3O2/c1-15-10(14)8-4-2-3-7(5-8)9-11-6-12-13-9/h2,4,6-8H,3,5H2,1H3,(H,11,12,13)/t7-,8-/m0/s1. The number of carbonyl (C=O) groups excluding carboxylic acids is 1. The molecular formula is C10H13N3O2. The Morgan fingerprint density at radius 1 is 1.67 bits per heavy atom. The Morgan fingerprint density at radius 3 is 3.20 bits per heavy atom. The van der Waals surface area contributed by atoms with E-state index in [4.69, 9.17) is 4.74 Å². The Labute approximate surface area is 87.5 Å². The van der Waals surface area contributed by atoms with Gasteiger partial charge in [0.05, 0.1) is 13.0 Å². The minimum absolute atomic E-state index is 0.154. The third-order valence-corrected chi connectivity index (χ3v) is 2.65. The lowest BCUT2D eigenvalue weighted by Crippen LogP contribution is -2.20. The fourth-order valence-electron chi connectivity index (χ4n) is 1.85. The lowest BCUT2D eigenvalue weighted by Gasteiger charge is -2.20. The SMILES string of the molecule is COC(=O)[C@H]1C=CC[C@H](c2ncn[nH]2)C1. The van der Waals surface area contributed by atoms with Crippen LogP contribution in [0.4, 0.5) is 0 Å². The van der Waals surface area contributed by atoms with Crippen LogP contribution in [-0.2, 0) is 9.53 Å². The Kier molecular flexibility index (Phi) is 2.80. The maximum Gasteiger partial charge on any atom is 0.312 e. The third kappa shape index (κ3) is 2.06. The van der Waals surface area contributed by atoms with Gasteiger partial charge in [-0.05, 0) is 12.8 Å². The van der Waals surface area contributed by atoms with E-state index in [0.717, 1.165) is 18.7 Å². The van der Waals surface area contributed by atoms with Crippen molar-refractivity contribution in [3.05, 3.63) is 24.3 Å². The van der Waals surface area contributed by atoms with Crippen molar-refractivity contribution in [1.82, 2.24) is 15.2 Å². The van der Waals surface area contributed by atoms with E-state index in [0.29, 0.717) is 0 Å². The van der Waals surface area contributed by atoms with Crippen molar-refractivity contribution in [2.24, 2.45) is 5.92 Å². The summed E-state index contributed by atoms with van der Waals surface area (Å²) in [6.45, 7) is 0. The molecule has 0 bridgehead atoms. The summed E-state index contributed by atoms with van der Waals surface area (Å²) in [6, 6.07) is 0. The number of H-pyrrole nitrogens is 1. The molecule has 2 atom stereocenters. The average molecular weight is 207 g/mol. The molecule has 15 heavy (non-hydrogen) atoms. The van der Waals surface area contributed by atoms with E-state index < -0.39 is 0 Å². The molecule has 0 radical (unpaired) electrons. The smallest absolute Gasteiger partial charge is 0.312 e. The molecule has 0 amide bonds. The Hall–Kier alpha value is -1.65. The summed E-state index contributed by atoms with van der Waals surface area (Å²) in [5.74, 6) is 0.740. The van der Waals surface area contributed by atoms with Crippen LogP contribution in [-0.4, -0.2) is 28.3 Å². The van der Waals surface area contributed by atoms with Crippen molar-refractivity contribution in [1.29, 1.82) is 0 Å². The zero-order chi connectivity index (χ0) is 10.7. The molecular weight excluding hydrogens is 194 g/mol. The number of allylic oxidation sites excluding steroid dienone is 1. The molecule has 0 saturated heterocycles. The van der Waals surface area contributed by atoms with Gasteiger partial charge in [0.1, 0.15) is 12.2 Å². The van der Waals surface area contributed by atoms with Gasteiger partial charge in [0, 0.05) is 5.92 Å². The summed E-state index contributed by atoms with van der Waals surface area (Å²) in [4.78, 5) is 15.5. The second-order valence-corrected chi connectivity index (χ2v) is 3.60. The van der Waals surface area contributed by atoms with Gasteiger partial charge in [-0.2, -0.15) is 5.10 Å². The number of aromatic amines is 1. The van der Waals surface area contributed by atoms with Crippen molar-refractivity contribution in [2.45, 2.75) is 18.8 Å². The predicted molar refractivity (Wildman–Crippen MR) is 53.0 cm³/mol. The average Bonchev–Trinajstić information content (AvgIpc) is 2.82. The normalized spacial score (nSPS) is 25.1. The number of nitrogens with zero attached hydrogens (tertiary/aromatic N) is 2. The summed E-state index contributed by atoms with van der Waals surface area (Å²) in [5.41, 5.74) is 0. The first kappa shape index (κ1) is 9.89. The first-order valence-electron chi connectivity index (χ1n) is 4.91. The van der Waals surface area contributed by atoms with Crippen molar-refractivity contribution < 1.29 is 9.53 Å². The number of rotatable bonds is 2. The van der Waals surface area contributed by atoms with Crippen LogP contribution < -0.4 is 0 Å². The van der Waals surface area contributed by atoms with E-state index in [1.165, 1.54) is 13.4 Å². The van der Waals surface area contributed by atoms with Crippen LogP contribution in [0.3, 0.4) is 0 Å². The van der Waals surface area contributed by atoms with Gasteiger partial charge in [-0.15, -0.1) is 0 Å². The van der Waals surface area contributed by atoms with Crippen molar-refractivity contribution >= 4 is 5.97 Å². The number of ether oxygens (including phenoxy) is 1. The van der Waals surface area contributed by atoms with Gasteiger partial charge in [-0.1, -0.05) is 12.2 Å². The largest absolute Gasteiger partial charge is 0.469 e. The summed E-state index contributed by atoms with van der Waals surface area (Å²) >= 11 is 0. The minimum atomic E-state index is -0.185. The number of methoxy groups -OCH3 is 1. The summed E-state index contributed by atoms with van der Waals surface area (Å²) < 4.78 is 4.72. The number of aromatic nitrogens is 3. The second-order valence-electron chi connectivity index (χ2n) is 3.60. The van der Waals surface area contributed by atoms with Crippen LogP contribution in [0.25, 0.3) is 0 Å². The number of nitrogens with one attached hydrogen (secondary N) is 1. The molecule has 0 aromatic carbocycles. The van der Waals surface area contributed by atoms with E-state index in [1.54, 1.807) is 0 Å². The zero-order valence-electron chi connectivity index (χ0n) is 8.51. The first-order valence-corrected chi connectivity index (χ1v) is 4.91. The molecule has 5 nitrogen and oxygen atoms in total. The molecule has 80 valence electrons. The molecule has 2 rings (SSSR count). The molecule has 1 aliphatic carbocycles. The lowest BCUT2D eigenvalue weighted by atomic mass is 9.86. The molecule has 0 unspecified atom stereocenters. The van der Waals surface area contributed by atoms with E-state index in [1.807, 2.05) is 12.2 Å². The van der Waals surface area contributed by atoms with Gasteiger partial charge in [0.15, 0.2) is 0 Å². The quantitative estimate of drug-likeness (QED) is 0.581. The molecule has 5 heteroatoms. The maximum absolute atomic E-state index is 11.4. The molecule has 0 saturated carbocycles. The zero-order valence-corrected chi connectivity index (χ0v) is 8.51. The molecule has 0 spiro atoms. The molecule has 1 aromatic heterocycles. The highest BCUT2D eigenvalue weighted by Gasteiger charge is 2.26. The Balaban J connectivity index is 2.07. The van der Waals surface area contributed by atoms with Gasteiger partial charge < -0.3 is 4.74 Å². The number of carbonyl (C=O) groups is 1. The van der Waals surface area contributed by atoms with Crippen LogP contribution in [0.2, 0.25) is 0 Å². The predicted octanol–water partition coefficient (Wildman–Crippen LogP) is 1.03. The van der Waals surface area contributed by atoms with E-state index in [9.17, 15) is 4.79 Å². The molecule has 1 aromatic rings. The third-order valence-electron chi connectivity index (χ3n) is 2.65. The monoisotopic (exact) mass is 207 g/mol. The van der Waals surface area contributed by atoms with Crippen LogP contribution in [0.15, 0.2) is 18.5 Å². The highest BCUT2D eigenvalue weighted by atomic mass is 16.5. The van der Waals surface area contributed by atoms with Gasteiger partial charge in [-0.3, -0.25) is 9.89 Å². The van der Waals surface area contributed by atoms with Crippen LogP contribution in [0, 0.1) is 5.92 Å². The molecule has 1 heterocycles. The minimum Gasteiger partial charge on any atom is -0.469 e. The fourth-order valence-corrected chi connectivity index (χ4v) is 1.85. The number of esters is 1. The Morgan fingerprint density at radius 2 is 2.53 bits per heavy atom. The van der Waals surface area contributed by atoms with E-state index in [-0.39, 0.29) is 17.8 Å². The topological polar surface area (TPSA) is 67.9 Å². The molecule has 0 fully saturated rings. The van der Waals surface area contributed by atoms with Crippen molar-refractivity contribution in [3.8, 4) is 0 Å². The van der Waals surface area contributed by atoms with Gasteiger partial charge in [0.2, 0.25) is 0 Å². The summed E-state index contributed by atoms with van der Waals surface area (Å²) in [7, 11) is 1.41. The molecule has 1 N–H and O–H groups in total. The summed E-state index contributed by atoms with van der Waals surface area (Å²) in [6.07, 6.45) is 7.01. The second kappa shape index (κ2) is 4.25. The molecule has 1 aliphatic rings. The van der Waals surface area contributed by atoms with Crippen LogP contribution >= 0.6 is 0 Å². The van der Waals surface area contributed by atoms with Gasteiger partial charge in [0.25, 0.3) is 0 Å². The highest BCUT2D eigenvalue weighted by molar-refractivity contribution is 5.74. The first-order chi connectivity index (χ1) is 7.31. The van der Waals surface area contributed by atoms with Crippen LogP contribution in [0.1, 0.15) is 24.6 Å². The van der Waals surface area contributed by atoms with Gasteiger partial charge >= 0.3 is 5.97 Å². The Bertz CT molecular complexity index is 359. The fraction of sp³-hybridized carbons (Fsp3) is 0.500. The number of hydrogen-bond acceptors (Lipinski definition) is 4. The maximum atomic E-state index is 11.4. The van der Waals surface area contributed by atoms with Crippen molar-refractivity contribution in [2.75, 3.05) is 7.11 Å². The van der Waals surface area contributed by atoms with Crippen molar-refractivity contribution in [3.63, 3.8) is 0 Å². The van der Waals surface area contributed by atoms with Gasteiger partial charge in [-0.25, -0.2) is 4.98 Å². The number of hydrogen-bond donors (Lipinski definition) is 1. The van der Waals surface area contributed by atoms with E-state index >= 15 is 0 Å².